The highest BCUT2D eigenvalue weighted by atomic mass is 16.4. The maximum absolute atomic E-state index is 10.2. The molecule has 3 nitrogen and oxygen atoms in total. The average Bonchev–Trinajstić information content (AvgIpc) is 2.67. The molecule has 0 atom stereocenters. The lowest BCUT2D eigenvalue weighted by Gasteiger charge is -2.02. The van der Waals surface area contributed by atoms with Gasteiger partial charge in [-0.3, -0.25) is 0 Å². The number of carboxylic acids is 1. The molecule has 0 saturated carbocycles. The van der Waals surface area contributed by atoms with Crippen LogP contribution in [-0.2, 0) is 0 Å². The zero-order valence-electron chi connectivity index (χ0n) is 16.8. The third-order valence-corrected chi connectivity index (χ3v) is 4.53. The molecule has 26 heavy (non-hydrogen) atoms. The summed E-state index contributed by atoms with van der Waals surface area (Å²) in [5.41, 5.74) is 0.331. The Kier molecular flexibility index (Phi) is 18.9. The van der Waals surface area contributed by atoms with E-state index >= 15 is 0 Å². The Morgan fingerprint density at radius 3 is 1.38 bits per heavy atom. The van der Waals surface area contributed by atoms with Crippen molar-refractivity contribution in [3.8, 4) is 0 Å². The van der Waals surface area contributed by atoms with Crippen LogP contribution in [0.2, 0.25) is 0 Å². The van der Waals surface area contributed by atoms with Gasteiger partial charge in [-0.15, -0.1) is 0 Å². The second-order valence-corrected chi connectivity index (χ2v) is 6.99. The summed E-state index contributed by atoms with van der Waals surface area (Å²) in [5, 5.41) is 17.0. The predicted molar refractivity (Wildman–Crippen MR) is 111 cm³/mol. The van der Waals surface area contributed by atoms with Crippen LogP contribution < -0.4 is 0 Å². The molecule has 1 aromatic rings. The van der Waals surface area contributed by atoms with E-state index < -0.39 is 5.97 Å². The molecule has 1 rings (SSSR count). The molecule has 3 heteroatoms. The molecule has 2 N–H and O–H groups in total. The maximum atomic E-state index is 10.2. The van der Waals surface area contributed by atoms with E-state index in [2.05, 4.69) is 6.92 Å². The number of carboxylic acid groups (broad SMARTS) is 1. The molecule has 0 spiro atoms. The van der Waals surface area contributed by atoms with Crippen molar-refractivity contribution in [2.45, 2.75) is 96.8 Å². The van der Waals surface area contributed by atoms with E-state index in [1.54, 1.807) is 30.3 Å². The zero-order chi connectivity index (χ0) is 19.3. The molecular formula is C23H40O3. The summed E-state index contributed by atoms with van der Waals surface area (Å²) < 4.78 is 0. The van der Waals surface area contributed by atoms with Crippen LogP contribution in [0.5, 0.6) is 0 Å². The van der Waals surface area contributed by atoms with E-state index in [-0.39, 0.29) is 0 Å². The third-order valence-electron chi connectivity index (χ3n) is 4.53. The van der Waals surface area contributed by atoms with Crippen molar-refractivity contribution in [3.05, 3.63) is 35.9 Å². The van der Waals surface area contributed by atoms with Crippen molar-refractivity contribution < 1.29 is 15.0 Å². The van der Waals surface area contributed by atoms with E-state index in [1.807, 2.05) is 0 Å². The first-order valence-corrected chi connectivity index (χ1v) is 10.6. The fraction of sp³-hybridized carbons (Fsp3) is 0.696. The van der Waals surface area contributed by atoms with Crippen molar-refractivity contribution in [3.63, 3.8) is 0 Å². The van der Waals surface area contributed by atoms with Gasteiger partial charge in [-0.1, -0.05) is 109 Å². The van der Waals surface area contributed by atoms with Gasteiger partial charge in [0, 0.05) is 6.61 Å². The highest BCUT2D eigenvalue weighted by Crippen LogP contribution is 2.12. The summed E-state index contributed by atoms with van der Waals surface area (Å²) in [4.78, 5) is 10.2. The van der Waals surface area contributed by atoms with E-state index in [1.165, 1.54) is 83.5 Å². The van der Waals surface area contributed by atoms with Crippen LogP contribution in [0.25, 0.3) is 0 Å². The Morgan fingerprint density at radius 1 is 0.692 bits per heavy atom. The van der Waals surface area contributed by atoms with Gasteiger partial charge in [-0.05, 0) is 18.6 Å². The number of aliphatic hydroxyl groups excluding tert-OH is 1. The van der Waals surface area contributed by atoms with Gasteiger partial charge in [0.2, 0.25) is 0 Å². The Hall–Kier alpha value is -1.35. The normalized spacial score (nSPS) is 10.2. The Morgan fingerprint density at radius 2 is 1.08 bits per heavy atom. The molecule has 0 aliphatic heterocycles. The summed E-state index contributed by atoms with van der Waals surface area (Å²) in [5.74, 6) is -0.879. The Balaban J connectivity index is 0.000000577. The lowest BCUT2D eigenvalue weighted by molar-refractivity contribution is 0.0697. The van der Waals surface area contributed by atoms with Crippen LogP contribution in [0, 0.1) is 0 Å². The third kappa shape index (κ3) is 17.5. The minimum atomic E-state index is -0.879. The van der Waals surface area contributed by atoms with E-state index in [0.29, 0.717) is 12.2 Å². The molecular weight excluding hydrogens is 324 g/mol. The second kappa shape index (κ2) is 20.0. The minimum absolute atomic E-state index is 0.331. The van der Waals surface area contributed by atoms with Gasteiger partial charge in [0.15, 0.2) is 0 Å². The van der Waals surface area contributed by atoms with E-state index in [0.717, 1.165) is 6.42 Å². The number of hydrogen-bond acceptors (Lipinski definition) is 2. The van der Waals surface area contributed by atoms with Crippen LogP contribution in [-0.4, -0.2) is 22.8 Å². The number of benzene rings is 1. The van der Waals surface area contributed by atoms with Gasteiger partial charge in [-0.2, -0.15) is 0 Å². The molecule has 0 aliphatic carbocycles. The molecule has 1 aromatic carbocycles. The highest BCUT2D eigenvalue weighted by molar-refractivity contribution is 5.87. The van der Waals surface area contributed by atoms with Gasteiger partial charge < -0.3 is 10.2 Å². The molecule has 0 aromatic heterocycles. The summed E-state index contributed by atoms with van der Waals surface area (Å²) in [7, 11) is 0. The lowest BCUT2D eigenvalue weighted by Crippen LogP contribution is -1.93. The van der Waals surface area contributed by atoms with Gasteiger partial charge in [0.1, 0.15) is 0 Å². The van der Waals surface area contributed by atoms with Crippen molar-refractivity contribution >= 4 is 5.97 Å². The monoisotopic (exact) mass is 364 g/mol. The summed E-state index contributed by atoms with van der Waals surface area (Å²) in [6.45, 7) is 2.65. The summed E-state index contributed by atoms with van der Waals surface area (Å²) in [6, 6.07) is 8.30. The van der Waals surface area contributed by atoms with Crippen molar-refractivity contribution in [2.24, 2.45) is 0 Å². The number of carbonyl (C=O) groups is 1. The number of aliphatic hydroxyl groups is 1. The van der Waals surface area contributed by atoms with Crippen molar-refractivity contribution in [2.75, 3.05) is 6.61 Å². The summed E-state index contributed by atoms with van der Waals surface area (Å²) in [6.07, 6.45) is 19.2. The number of rotatable bonds is 15. The second-order valence-electron chi connectivity index (χ2n) is 6.99. The maximum Gasteiger partial charge on any atom is 0.335 e. The molecule has 0 heterocycles. The standard InChI is InChI=1S/C16H34O.C7H6O2/c1-2-3-4-5-6-7-8-9-10-11-12-13-14-15-16-17;8-7(9)6-4-2-1-3-5-6/h17H,2-16H2,1H3;1-5H,(H,8,9). The van der Waals surface area contributed by atoms with Gasteiger partial charge in [0.05, 0.1) is 5.56 Å². The first-order chi connectivity index (χ1) is 12.7. The number of unbranched alkanes of at least 4 members (excludes halogenated alkanes) is 13. The fourth-order valence-corrected chi connectivity index (χ4v) is 2.89. The van der Waals surface area contributed by atoms with Gasteiger partial charge in [0.25, 0.3) is 0 Å². The SMILES string of the molecule is CCCCCCCCCCCCCCCCO.O=C(O)c1ccccc1. The lowest BCUT2D eigenvalue weighted by atomic mass is 10.0. The number of aromatic carboxylic acids is 1. The molecule has 0 amide bonds. The Labute approximate surface area is 160 Å². The van der Waals surface area contributed by atoms with Gasteiger partial charge in [-0.25, -0.2) is 4.79 Å². The highest BCUT2D eigenvalue weighted by Gasteiger charge is 1.96. The van der Waals surface area contributed by atoms with Crippen LogP contribution in [0.4, 0.5) is 0 Å². The van der Waals surface area contributed by atoms with E-state index in [4.69, 9.17) is 10.2 Å². The van der Waals surface area contributed by atoms with Crippen molar-refractivity contribution in [1.29, 1.82) is 0 Å². The number of hydrogen-bond donors (Lipinski definition) is 2. The largest absolute Gasteiger partial charge is 0.478 e. The quantitative estimate of drug-likeness (QED) is 0.335. The molecule has 0 unspecified atom stereocenters. The van der Waals surface area contributed by atoms with Crippen LogP contribution >= 0.6 is 0 Å². The first-order valence-electron chi connectivity index (χ1n) is 10.6. The molecule has 0 aliphatic rings. The smallest absolute Gasteiger partial charge is 0.335 e. The minimum Gasteiger partial charge on any atom is -0.478 e. The van der Waals surface area contributed by atoms with Gasteiger partial charge >= 0.3 is 5.97 Å². The fourth-order valence-electron chi connectivity index (χ4n) is 2.89. The van der Waals surface area contributed by atoms with Crippen LogP contribution in [0.3, 0.4) is 0 Å². The molecule has 0 fully saturated rings. The molecule has 0 bridgehead atoms. The van der Waals surface area contributed by atoms with E-state index in [9.17, 15) is 4.79 Å². The van der Waals surface area contributed by atoms with Crippen LogP contribution in [0.1, 0.15) is 107 Å². The van der Waals surface area contributed by atoms with Crippen molar-refractivity contribution in [1.82, 2.24) is 0 Å². The summed E-state index contributed by atoms with van der Waals surface area (Å²) >= 11 is 0. The van der Waals surface area contributed by atoms with Crippen LogP contribution in [0.15, 0.2) is 30.3 Å². The topological polar surface area (TPSA) is 57.5 Å². The molecule has 150 valence electrons. The molecule has 0 saturated heterocycles. The zero-order valence-corrected chi connectivity index (χ0v) is 16.8. The first kappa shape index (κ1) is 24.7. The molecule has 0 radical (unpaired) electrons. The average molecular weight is 365 g/mol. The predicted octanol–water partition coefficient (Wildman–Crippen LogP) is 6.84. The Bertz CT molecular complexity index is 389.